The molecule has 0 bridgehead atoms. The van der Waals surface area contributed by atoms with Gasteiger partial charge in [0.1, 0.15) is 4.90 Å². The maximum atomic E-state index is 12.2. The van der Waals surface area contributed by atoms with E-state index >= 15 is 0 Å². The smallest absolute Gasteiger partial charge is 0.244 e. The summed E-state index contributed by atoms with van der Waals surface area (Å²) in [6.45, 7) is 3.67. The third kappa shape index (κ3) is 2.33. The fraction of sp³-hybridized carbons (Fsp3) is 0.455. The molecule has 17 heavy (non-hydrogen) atoms. The molecule has 0 unspecified atom stereocenters. The standard InChI is InChI=1S/C11H14ClNO3S/c1-8-3-4-10(9(12)5-8)17(15,16)13-6-11(2,14)7-13/h3-5,14H,6-7H2,1-2H3. The summed E-state index contributed by atoms with van der Waals surface area (Å²) in [4.78, 5) is 0.0975. The van der Waals surface area contributed by atoms with E-state index in [0.717, 1.165) is 5.56 Å². The van der Waals surface area contributed by atoms with Crippen molar-refractivity contribution in [3.8, 4) is 0 Å². The van der Waals surface area contributed by atoms with Crippen molar-refractivity contribution in [3.05, 3.63) is 28.8 Å². The summed E-state index contributed by atoms with van der Waals surface area (Å²) < 4.78 is 25.6. The lowest BCUT2D eigenvalue weighted by atomic mass is 10.0. The Hall–Kier alpha value is -0.620. The molecule has 1 fully saturated rings. The number of benzene rings is 1. The summed E-state index contributed by atoms with van der Waals surface area (Å²) in [5.41, 5.74) is -0.0193. The fourth-order valence-electron chi connectivity index (χ4n) is 1.84. The molecular weight excluding hydrogens is 262 g/mol. The highest BCUT2D eigenvalue weighted by molar-refractivity contribution is 7.89. The van der Waals surface area contributed by atoms with Gasteiger partial charge in [0, 0.05) is 13.1 Å². The van der Waals surface area contributed by atoms with E-state index in [-0.39, 0.29) is 23.0 Å². The number of sulfonamides is 1. The Bertz CT molecular complexity index is 546. The number of aliphatic hydroxyl groups is 1. The SMILES string of the molecule is Cc1ccc(S(=O)(=O)N2CC(C)(O)C2)c(Cl)c1. The number of halogens is 1. The summed E-state index contributed by atoms with van der Waals surface area (Å²) in [5.74, 6) is 0. The molecule has 1 aromatic carbocycles. The maximum Gasteiger partial charge on any atom is 0.244 e. The van der Waals surface area contributed by atoms with Crippen LogP contribution in [-0.4, -0.2) is 36.5 Å². The Labute approximate surface area is 106 Å². The van der Waals surface area contributed by atoms with Gasteiger partial charge in [0.05, 0.1) is 10.6 Å². The molecule has 0 saturated carbocycles. The third-order valence-corrected chi connectivity index (χ3v) is 5.01. The van der Waals surface area contributed by atoms with E-state index in [9.17, 15) is 13.5 Å². The largest absolute Gasteiger partial charge is 0.387 e. The number of nitrogens with zero attached hydrogens (tertiary/aromatic N) is 1. The lowest BCUT2D eigenvalue weighted by molar-refractivity contribution is -0.0426. The summed E-state index contributed by atoms with van der Waals surface area (Å²) in [6.07, 6.45) is 0. The van der Waals surface area contributed by atoms with E-state index in [1.54, 1.807) is 19.1 Å². The van der Waals surface area contributed by atoms with E-state index in [4.69, 9.17) is 11.6 Å². The molecule has 2 rings (SSSR count). The van der Waals surface area contributed by atoms with E-state index in [2.05, 4.69) is 0 Å². The maximum absolute atomic E-state index is 12.2. The van der Waals surface area contributed by atoms with Gasteiger partial charge in [-0.2, -0.15) is 4.31 Å². The van der Waals surface area contributed by atoms with Crippen LogP contribution in [0.5, 0.6) is 0 Å². The predicted octanol–water partition coefficient (Wildman–Crippen LogP) is 1.40. The molecule has 1 saturated heterocycles. The first-order valence-electron chi connectivity index (χ1n) is 5.21. The molecular formula is C11H14ClNO3S. The summed E-state index contributed by atoms with van der Waals surface area (Å²) >= 11 is 5.94. The highest BCUT2D eigenvalue weighted by atomic mass is 35.5. The predicted molar refractivity (Wildman–Crippen MR) is 65.6 cm³/mol. The van der Waals surface area contributed by atoms with Crippen LogP contribution >= 0.6 is 11.6 Å². The second-order valence-corrected chi connectivity index (χ2v) is 7.02. The van der Waals surface area contributed by atoms with Crippen molar-refractivity contribution in [2.24, 2.45) is 0 Å². The first-order valence-corrected chi connectivity index (χ1v) is 7.03. The highest BCUT2D eigenvalue weighted by Crippen LogP contribution is 2.31. The Morgan fingerprint density at radius 3 is 2.47 bits per heavy atom. The van der Waals surface area contributed by atoms with Gasteiger partial charge >= 0.3 is 0 Å². The third-order valence-electron chi connectivity index (χ3n) is 2.74. The topological polar surface area (TPSA) is 57.6 Å². The van der Waals surface area contributed by atoms with Gasteiger partial charge in [-0.05, 0) is 31.5 Å². The van der Waals surface area contributed by atoms with Crippen LogP contribution in [0.3, 0.4) is 0 Å². The molecule has 0 aliphatic carbocycles. The van der Waals surface area contributed by atoms with Crippen molar-refractivity contribution >= 4 is 21.6 Å². The van der Waals surface area contributed by atoms with Gasteiger partial charge in [-0.15, -0.1) is 0 Å². The Kier molecular flexibility index (Phi) is 2.98. The van der Waals surface area contributed by atoms with E-state index in [1.165, 1.54) is 10.4 Å². The van der Waals surface area contributed by atoms with Crippen molar-refractivity contribution in [3.63, 3.8) is 0 Å². The Morgan fingerprint density at radius 2 is 2.00 bits per heavy atom. The molecule has 1 heterocycles. The molecule has 0 amide bonds. The lowest BCUT2D eigenvalue weighted by Gasteiger charge is -2.42. The summed E-state index contributed by atoms with van der Waals surface area (Å²) in [7, 11) is -3.58. The number of hydrogen-bond acceptors (Lipinski definition) is 3. The Morgan fingerprint density at radius 1 is 1.41 bits per heavy atom. The van der Waals surface area contributed by atoms with E-state index in [1.807, 2.05) is 6.92 Å². The number of β-amino-alcohol motifs (C(OH)–C–C–N with tert-alkyl or cyclic N) is 1. The highest BCUT2D eigenvalue weighted by Gasteiger charge is 2.44. The normalized spacial score (nSPS) is 20.0. The second kappa shape index (κ2) is 3.95. The number of hydrogen-bond donors (Lipinski definition) is 1. The first kappa shape index (κ1) is 12.8. The first-order chi connectivity index (χ1) is 7.72. The van der Waals surface area contributed by atoms with Gasteiger partial charge in [0.25, 0.3) is 0 Å². The van der Waals surface area contributed by atoms with Crippen LogP contribution in [0.15, 0.2) is 23.1 Å². The van der Waals surface area contributed by atoms with Crippen molar-refractivity contribution in [1.82, 2.24) is 4.31 Å². The average Bonchev–Trinajstić information content (AvgIpc) is 2.13. The molecule has 1 N–H and O–H groups in total. The quantitative estimate of drug-likeness (QED) is 0.888. The van der Waals surface area contributed by atoms with Gasteiger partial charge in [0.2, 0.25) is 10.0 Å². The van der Waals surface area contributed by atoms with Gasteiger partial charge in [-0.25, -0.2) is 8.42 Å². The number of rotatable bonds is 2. The Balaban J connectivity index is 2.34. The van der Waals surface area contributed by atoms with Crippen molar-refractivity contribution in [2.75, 3.05) is 13.1 Å². The van der Waals surface area contributed by atoms with Crippen LogP contribution < -0.4 is 0 Å². The zero-order chi connectivity index (χ0) is 12.8. The minimum Gasteiger partial charge on any atom is -0.387 e. The van der Waals surface area contributed by atoms with Crippen LogP contribution in [0.1, 0.15) is 12.5 Å². The van der Waals surface area contributed by atoms with Crippen LogP contribution in [0, 0.1) is 6.92 Å². The molecule has 4 nitrogen and oxygen atoms in total. The molecule has 1 aliphatic heterocycles. The lowest BCUT2D eigenvalue weighted by Crippen LogP contribution is -2.61. The summed E-state index contributed by atoms with van der Waals surface area (Å²) in [6, 6.07) is 4.82. The minimum absolute atomic E-state index is 0.0975. The van der Waals surface area contributed by atoms with Gasteiger partial charge in [-0.3, -0.25) is 0 Å². The molecule has 6 heteroatoms. The summed E-state index contributed by atoms with van der Waals surface area (Å²) in [5, 5.41) is 9.79. The van der Waals surface area contributed by atoms with Crippen molar-refractivity contribution in [1.29, 1.82) is 0 Å². The van der Waals surface area contributed by atoms with Crippen LogP contribution in [0.4, 0.5) is 0 Å². The van der Waals surface area contributed by atoms with Crippen molar-refractivity contribution < 1.29 is 13.5 Å². The minimum atomic E-state index is -3.58. The van der Waals surface area contributed by atoms with E-state index < -0.39 is 15.6 Å². The van der Waals surface area contributed by atoms with Gasteiger partial charge < -0.3 is 5.11 Å². The fourth-order valence-corrected chi connectivity index (χ4v) is 4.08. The molecule has 0 spiro atoms. The molecule has 94 valence electrons. The zero-order valence-electron chi connectivity index (χ0n) is 9.64. The van der Waals surface area contributed by atoms with Crippen molar-refractivity contribution in [2.45, 2.75) is 24.3 Å². The molecule has 1 aliphatic rings. The number of aryl methyl sites for hydroxylation is 1. The van der Waals surface area contributed by atoms with Crippen LogP contribution in [-0.2, 0) is 10.0 Å². The molecule has 1 aromatic rings. The average molecular weight is 276 g/mol. The molecule has 0 radical (unpaired) electrons. The molecule has 0 atom stereocenters. The van der Waals surface area contributed by atoms with Gasteiger partial charge in [0.15, 0.2) is 0 Å². The molecule has 0 aromatic heterocycles. The van der Waals surface area contributed by atoms with Gasteiger partial charge in [-0.1, -0.05) is 17.7 Å². The monoisotopic (exact) mass is 275 g/mol. The zero-order valence-corrected chi connectivity index (χ0v) is 11.2. The van der Waals surface area contributed by atoms with Crippen LogP contribution in [0.25, 0.3) is 0 Å². The van der Waals surface area contributed by atoms with Crippen LogP contribution in [0.2, 0.25) is 5.02 Å². The van der Waals surface area contributed by atoms with E-state index in [0.29, 0.717) is 0 Å². The second-order valence-electron chi connectivity index (χ2n) is 4.70.